The maximum absolute atomic E-state index is 12.3. The van der Waals surface area contributed by atoms with Gasteiger partial charge in [-0.05, 0) is 42.0 Å². The van der Waals surface area contributed by atoms with Crippen LogP contribution in [0.4, 0.5) is 13.2 Å². The smallest absolute Gasteiger partial charge is 0.573 e. The molecule has 0 amide bonds. The summed E-state index contributed by atoms with van der Waals surface area (Å²) in [6.45, 7) is 6.62. The average molecular weight is 519 g/mol. The van der Waals surface area contributed by atoms with Crippen LogP contribution in [0.3, 0.4) is 0 Å². The number of halogens is 3. The Morgan fingerprint density at radius 2 is 1.94 bits per heavy atom. The van der Waals surface area contributed by atoms with Gasteiger partial charge in [-0.3, -0.25) is 4.90 Å². The van der Waals surface area contributed by atoms with Gasteiger partial charge in [-0.1, -0.05) is 47.9 Å². The maximum atomic E-state index is 12.3. The third kappa shape index (κ3) is 7.28. The number of fused-ring (bicyclic) bond motifs is 1. The molecule has 1 N–H and O–H groups in total. The topological polar surface area (TPSA) is 76.8 Å². The summed E-state index contributed by atoms with van der Waals surface area (Å²) in [4.78, 5) is 16.1. The standard InChI is InChI=1S/C22H24F3N2O.C4H3NO2S/c1-15-5-2-3-7-17(15)12-27-13-20-19(21(20)14-27)11-26-10-16-6-4-8-18(9-16)28-22(23,24)25;6-4(7)3-1-8-2-5-3/h2-9,19-21H,10-14H2,1H3;1-2H,(H,6,7)/q-1;. The van der Waals surface area contributed by atoms with Crippen molar-refractivity contribution in [1.29, 1.82) is 0 Å². The van der Waals surface area contributed by atoms with E-state index < -0.39 is 12.3 Å². The summed E-state index contributed by atoms with van der Waals surface area (Å²) in [6, 6.07) is 14.6. The van der Waals surface area contributed by atoms with Crippen molar-refractivity contribution in [2.24, 2.45) is 17.8 Å². The minimum Gasteiger partial charge on any atom is -0.658 e. The molecular weight excluding hydrogens is 491 g/mol. The van der Waals surface area contributed by atoms with Crippen LogP contribution in [0.15, 0.2) is 59.4 Å². The predicted octanol–water partition coefficient (Wildman–Crippen LogP) is 5.99. The first kappa shape index (κ1) is 26.1. The lowest BCUT2D eigenvalue weighted by Crippen LogP contribution is -2.25. The molecule has 0 radical (unpaired) electrons. The number of aromatic carboxylic acids is 1. The number of carboxylic acid groups (broad SMARTS) is 1. The number of carboxylic acids is 1. The molecule has 2 atom stereocenters. The van der Waals surface area contributed by atoms with Gasteiger partial charge in [-0.25, -0.2) is 9.78 Å². The molecule has 2 aromatic carbocycles. The van der Waals surface area contributed by atoms with E-state index in [-0.39, 0.29) is 11.4 Å². The minimum atomic E-state index is -4.66. The zero-order chi connectivity index (χ0) is 25.7. The second kappa shape index (κ2) is 11.4. The van der Waals surface area contributed by atoms with Crippen molar-refractivity contribution in [2.45, 2.75) is 26.4 Å². The van der Waals surface area contributed by atoms with E-state index in [1.807, 2.05) is 0 Å². The Bertz CT molecular complexity index is 1140. The number of hydrogen-bond donors (Lipinski definition) is 1. The highest BCUT2D eigenvalue weighted by Crippen LogP contribution is 2.52. The van der Waals surface area contributed by atoms with Gasteiger partial charge in [0.2, 0.25) is 0 Å². The van der Waals surface area contributed by atoms with Gasteiger partial charge in [0.25, 0.3) is 0 Å². The zero-order valence-electron chi connectivity index (χ0n) is 19.7. The molecule has 1 aliphatic heterocycles. The van der Waals surface area contributed by atoms with E-state index in [0.29, 0.717) is 24.3 Å². The van der Waals surface area contributed by atoms with Crippen molar-refractivity contribution in [3.05, 3.63) is 87.1 Å². The van der Waals surface area contributed by atoms with Crippen molar-refractivity contribution in [3.63, 3.8) is 0 Å². The second-order valence-corrected chi connectivity index (χ2v) is 9.77. The van der Waals surface area contributed by atoms with Gasteiger partial charge in [0, 0.05) is 25.0 Å². The Kier molecular flexibility index (Phi) is 8.28. The van der Waals surface area contributed by atoms with Crippen LogP contribution >= 0.6 is 11.3 Å². The molecule has 3 aromatic rings. The molecule has 1 saturated carbocycles. The third-order valence-corrected chi connectivity index (χ3v) is 7.11. The van der Waals surface area contributed by atoms with Gasteiger partial charge in [-0.2, -0.15) is 0 Å². The first-order valence-electron chi connectivity index (χ1n) is 11.6. The van der Waals surface area contributed by atoms with Crippen LogP contribution in [0.1, 0.15) is 27.2 Å². The lowest BCUT2D eigenvalue weighted by molar-refractivity contribution is -0.274. The van der Waals surface area contributed by atoms with Gasteiger partial charge < -0.3 is 15.2 Å². The molecule has 2 heterocycles. The average Bonchev–Trinajstić information content (AvgIpc) is 3.20. The molecule has 6 nitrogen and oxygen atoms in total. The number of hydrogen-bond acceptors (Lipinski definition) is 5. The molecule has 0 spiro atoms. The van der Waals surface area contributed by atoms with Crippen molar-refractivity contribution in [1.82, 2.24) is 9.88 Å². The Balaban J connectivity index is 0.000000325. The molecule has 10 heteroatoms. The summed E-state index contributed by atoms with van der Waals surface area (Å²) >= 11 is 1.28. The molecule has 36 heavy (non-hydrogen) atoms. The molecule has 2 aliphatic rings. The van der Waals surface area contributed by atoms with Crippen molar-refractivity contribution >= 4 is 17.3 Å². The molecule has 1 aliphatic carbocycles. The van der Waals surface area contributed by atoms with Crippen LogP contribution in [-0.4, -0.2) is 47.0 Å². The highest BCUT2D eigenvalue weighted by molar-refractivity contribution is 7.07. The largest absolute Gasteiger partial charge is 0.658 e. The van der Waals surface area contributed by atoms with E-state index in [2.05, 4.69) is 51.1 Å². The molecule has 5 rings (SSSR count). The van der Waals surface area contributed by atoms with Crippen molar-refractivity contribution in [3.8, 4) is 5.75 Å². The predicted molar refractivity (Wildman–Crippen MR) is 131 cm³/mol. The van der Waals surface area contributed by atoms with Gasteiger partial charge in [0.15, 0.2) is 5.69 Å². The lowest BCUT2D eigenvalue weighted by Gasteiger charge is -2.24. The summed E-state index contributed by atoms with van der Waals surface area (Å²) in [6.07, 6.45) is -4.66. The first-order valence-corrected chi connectivity index (χ1v) is 12.5. The number of thiazole rings is 1. The number of ether oxygens (including phenoxy) is 1. The van der Waals surface area contributed by atoms with Gasteiger partial charge >= 0.3 is 12.3 Å². The Labute approximate surface area is 211 Å². The van der Waals surface area contributed by atoms with E-state index in [9.17, 15) is 18.0 Å². The first-order chi connectivity index (χ1) is 17.2. The molecule has 0 bridgehead atoms. The molecule has 2 fully saturated rings. The van der Waals surface area contributed by atoms with Gasteiger partial charge in [-0.15, -0.1) is 37.6 Å². The Morgan fingerprint density at radius 3 is 2.56 bits per heavy atom. The van der Waals surface area contributed by atoms with Gasteiger partial charge in [0.1, 0.15) is 5.75 Å². The number of carbonyl (C=O) groups is 1. The second-order valence-electron chi connectivity index (χ2n) is 9.05. The number of alkyl halides is 3. The Morgan fingerprint density at radius 1 is 1.19 bits per heavy atom. The van der Waals surface area contributed by atoms with Crippen molar-refractivity contribution < 1.29 is 27.8 Å². The molecule has 1 saturated heterocycles. The molecule has 192 valence electrons. The van der Waals surface area contributed by atoms with E-state index >= 15 is 0 Å². The van der Waals surface area contributed by atoms with Crippen LogP contribution in [0, 0.1) is 24.7 Å². The summed E-state index contributed by atoms with van der Waals surface area (Å²) in [7, 11) is 0. The lowest BCUT2D eigenvalue weighted by atomic mass is 10.1. The number of nitrogens with zero attached hydrogens (tertiary/aromatic N) is 3. The number of benzene rings is 2. The normalized spacial score (nSPS) is 20.8. The fraction of sp³-hybridized carbons (Fsp3) is 0.385. The van der Waals surface area contributed by atoms with Crippen LogP contribution in [-0.2, 0) is 13.1 Å². The summed E-state index contributed by atoms with van der Waals surface area (Å²) in [5.74, 6) is 0.907. The summed E-state index contributed by atoms with van der Waals surface area (Å²) in [5, 5.41) is 14.3. The van der Waals surface area contributed by atoms with Crippen molar-refractivity contribution in [2.75, 3.05) is 19.6 Å². The number of aryl methyl sites for hydroxylation is 1. The van der Waals surface area contributed by atoms with Crippen LogP contribution in [0.2, 0.25) is 0 Å². The van der Waals surface area contributed by atoms with E-state index in [1.54, 1.807) is 12.1 Å². The summed E-state index contributed by atoms with van der Waals surface area (Å²) < 4.78 is 40.9. The Hall–Kier alpha value is -2.95. The highest BCUT2D eigenvalue weighted by Gasteiger charge is 2.52. The maximum Gasteiger partial charge on any atom is 0.573 e. The quantitative estimate of drug-likeness (QED) is 0.397. The monoisotopic (exact) mass is 518 g/mol. The third-order valence-electron chi connectivity index (χ3n) is 6.52. The van der Waals surface area contributed by atoms with E-state index in [4.69, 9.17) is 5.11 Å². The molecular formula is C26H27F3N3O3S-. The summed E-state index contributed by atoms with van der Waals surface area (Å²) in [5.41, 5.74) is 5.09. The zero-order valence-corrected chi connectivity index (χ0v) is 20.5. The van der Waals surface area contributed by atoms with Crippen LogP contribution in [0.5, 0.6) is 5.75 Å². The highest BCUT2D eigenvalue weighted by atomic mass is 32.1. The molecule has 2 unspecified atom stereocenters. The van der Waals surface area contributed by atoms with E-state index in [1.165, 1.54) is 45.5 Å². The number of piperidine rings is 1. The number of likely N-dealkylation sites (tertiary alicyclic amines) is 1. The number of aromatic nitrogens is 1. The number of rotatable bonds is 8. The molecule has 1 aromatic heterocycles. The fourth-order valence-electron chi connectivity index (χ4n) is 4.67. The minimum absolute atomic E-state index is 0.120. The fourth-order valence-corrected chi connectivity index (χ4v) is 5.19. The van der Waals surface area contributed by atoms with E-state index in [0.717, 1.165) is 31.7 Å². The van der Waals surface area contributed by atoms with Gasteiger partial charge in [0.05, 0.1) is 5.51 Å². The van der Waals surface area contributed by atoms with Crippen LogP contribution < -0.4 is 4.74 Å². The SMILES string of the molecule is Cc1ccccc1CN1CC2C(C[N-]Cc3cccc(OC(F)(F)F)c3)C2C1.O=C(O)c1cscn1. The van der Waals surface area contributed by atoms with Crippen LogP contribution in [0.25, 0.3) is 5.32 Å².